The van der Waals surface area contributed by atoms with E-state index in [1.165, 1.54) is 32.1 Å². The molecule has 0 amide bonds. The van der Waals surface area contributed by atoms with Crippen molar-refractivity contribution in [3.05, 3.63) is 17.6 Å². The number of nitrogens with zero attached hydrogens (tertiary/aromatic N) is 2. The quantitative estimate of drug-likeness (QED) is 0.881. The van der Waals surface area contributed by atoms with Crippen LogP contribution in [-0.4, -0.2) is 16.5 Å². The summed E-state index contributed by atoms with van der Waals surface area (Å²) in [6, 6.07) is 2.02. The Hall–Kier alpha value is -1.12. The lowest BCUT2D eigenvalue weighted by Crippen LogP contribution is -2.17. The van der Waals surface area contributed by atoms with Crippen LogP contribution in [0.15, 0.2) is 6.07 Å². The predicted molar refractivity (Wildman–Crippen MR) is 75.7 cm³/mol. The molecular weight excluding hydrogens is 222 g/mol. The molecule has 0 radical (unpaired) electrons. The van der Waals surface area contributed by atoms with Crippen LogP contribution in [0, 0.1) is 25.7 Å². The van der Waals surface area contributed by atoms with Crippen molar-refractivity contribution in [2.75, 3.05) is 11.9 Å². The lowest BCUT2D eigenvalue weighted by Gasteiger charge is -2.26. The topological polar surface area (TPSA) is 37.8 Å². The average Bonchev–Trinajstić information content (AvgIpc) is 2.27. The Morgan fingerprint density at radius 2 is 2.11 bits per heavy atom. The normalized spacial score (nSPS) is 23.9. The highest BCUT2D eigenvalue weighted by Gasteiger charge is 2.18. The van der Waals surface area contributed by atoms with E-state index >= 15 is 0 Å². The largest absolute Gasteiger partial charge is 0.370 e. The second kappa shape index (κ2) is 6.17. The Morgan fingerprint density at radius 1 is 1.28 bits per heavy atom. The Bertz CT molecular complexity index is 369. The minimum atomic E-state index is 0.851. The van der Waals surface area contributed by atoms with Crippen LogP contribution >= 0.6 is 0 Å². The highest BCUT2D eigenvalue weighted by atomic mass is 15.0. The maximum absolute atomic E-state index is 4.41. The summed E-state index contributed by atoms with van der Waals surface area (Å²) in [5.41, 5.74) is 1.04. The van der Waals surface area contributed by atoms with Crippen molar-refractivity contribution in [1.82, 2.24) is 9.97 Å². The van der Waals surface area contributed by atoms with Crippen LogP contribution in [0.5, 0.6) is 0 Å². The minimum Gasteiger partial charge on any atom is -0.370 e. The molecule has 2 atom stereocenters. The van der Waals surface area contributed by atoms with E-state index in [9.17, 15) is 0 Å². The molecular formula is C15H25N3. The van der Waals surface area contributed by atoms with E-state index in [2.05, 4.69) is 22.2 Å². The Balaban J connectivity index is 1.77. The summed E-state index contributed by atoms with van der Waals surface area (Å²) in [4.78, 5) is 8.70. The second-order valence-electron chi connectivity index (χ2n) is 5.80. The molecule has 18 heavy (non-hydrogen) atoms. The monoisotopic (exact) mass is 247 g/mol. The number of hydrogen-bond donors (Lipinski definition) is 1. The molecule has 0 aromatic carbocycles. The van der Waals surface area contributed by atoms with Gasteiger partial charge in [0.2, 0.25) is 0 Å². The smallest absolute Gasteiger partial charge is 0.129 e. The Labute approximate surface area is 110 Å². The van der Waals surface area contributed by atoms with Gasteiger partial charge in [-0.1, -0.05) is 26.2 Å². The number of aromatic nitrogens is 2. The molecule has 0 aliphatic heterocycles. The zero-order valence-corrected chi connectivity index (χ0v) is 11.9. The minimum absolute atomic E-state index is 0.851. The summed E-state index contributed by atoms with van der Waals surface area (Å²) in [6.07, 6.45) is 6.93. The van der Waals surface area contributed by atoms with Crippen molar-refractivity contribution < 1.29 is 0 Å². The van der Waals surface area contributed by atoms with Gasteiger partial charge < -0.3 is 5.32 Å². The van der Waals surface area contributed by atoms with Crippen LogP contribution in [0.3, 0.4) is 0 Å². The van der Waals surface area contributed by atoms with E-state index in [1.54, 1.807) is 0 Å². The number of hydrogen-bond acceptors (Lipinski definition) is 3. The highest BCUT2D eigenvalue weighted by Crippen LogP contribution is 2.30. The SMILES string of the molecule is Cc1cc(NCCC2CCCC(C)C2)nc(C)n1. The first-order valence-electron chi connectivity index (χ1n) is 7.19. The van der Waals surface area contributed by atoms with Gasteiger partial charge in [0.25, 0.3) is 0 Å². The molecule has 1 saturated carbocycles. The second-order valence-corrected chi connectivity index (χ2v) is 5.80. The van der Waals surface area contributed by atoms with Gasteiger partial charge in [0.05, 0.1) is 0 Å². The van der Waals surface area contributed by atoms with Crippen molar-refractivity contribution in [3.8, 4) is 0 Å². The van der Waals surface area contributed by atoms with Gasteiger partial charge in [0, 0.05) is 18.3 Å². The summed E-state index contributed by atoms with van der Waals surface area (Å²) in [7, 11) is 0. The van der Waals surface area contributed by atoms with Crippen molar-refractivity contribution in [1.29, 1.82) is 0 Å². The van der Waals surface area contributed by atoms with Gasteiger partial charge in [-0.25, -0.2) is 9.97 Å². The van der Waals surface area contributed by atoms with E-state index in [-0.39, 0.29) is 0 Å². The predicted octanol–water partition coefficient (Wildman–Crippen LogP) is 3.72. The highest BCUT2D eigenvalue weighted by molar-refractivity contribution is 5.35. The Morgan fingerprint density at radius 3 is 2.83 bits per heavy atom. The number of aryl methyl sites for hydroxylation is 2. The number of anilines is 1. The zero-order valence-electron chi connectivity index (χ0n) is 11.9. The lowest BCUT2D eigenvalue weighted by atomic mass is 9.81. The van der Waals surface area contributed by atoms with Gasteiger partial charge in [-0.2, -0.15) is 0 Å². The molecule has 0 saturated heterocycles. The van der Waals surface area contributed by atoms with Crippen molar-refractivity contribution in [3.63, 3.8) is 0 Å². The van der Waals surface area contributed by atoms with Crippen LogP contribution in [-0.2, 0) is 0 Å². The average molecular weight is 247 g/mol. The molecule has 0 spiro atoms. The third kappa shape index (κ3) is 3.97. The summed E-state index contributed by atoms with van der Waals surface area (Å²) < 4.78 is 0. The van der Waals surface area contributed by atoms with Crippen LogP contribution in [0.25, 0.3) is 0 Å². The zero-order chi connectivity index (χ0) is 13.0. The molecule has 1 aromatic rings. The summed E-state index contributed by atoms with van der Waals surface area (Å²) in [6.45, 7) is 7.38. The van der Waals surface area contributed by atoms with Gasteiger partial charge in [0.15, 0.2) is 0 Å². The van der Waals surface area contributed by atoms with Crippen LogP contribution in [0.1, 0.15) is 50.5 Å². The molecule has 100 valence electrons. The summed E-state index contributed by atoms with van der Waals surface area (Å²) >= 11 is 0. The van der Waals surface area contributed by atoms with E-state index < -0.39 is 0 Å². The van der Waals surface area contributed by atoms with Crippen LogP contribution < -0.4 is 5.32 Å². The summed E-state index contributed by atoms with van der Waals surface area (Å²) in [5.74, 6) is 3.66. The molecule has 1 aliphatic carbocycles. The van der Waals surface area contributed by atoms with Gasteiger partial charge >= 0.3 is 0 Å². The fraction of sp³-hybridized carbons (Fsp3) is 0.733. The molecule has 3 nitrogen and oxygen atoms in total. The van der Waals surface area contributed by atoms with Crippen molar-refractivity contribution in [2.45, 2.75) is 52.9 Å². The third-order valence-corrected chi connectivity index (χ3v) is 3.87. The maximum atomic E-state index is 4.41. The van der Waals surface area contributed by atoms with E-state index in [1.807, 2.05) is 19.9 Å². The first kappa shape index (κ1) is 13.3. The van der Waals surface area contributed by atoms with Gasteiger partial charge in [0.1, 0.15) is 11.6 Å². The maximum Gasteiger partial charge on any atom is 0.129 e. The molecule has 1 N–H and O–H groups in total. The molecule has 1 fully saturated rings. The van der Waals surface area contributed by atoms with Crippen LogP contribution in [0.2, 0.25) is 0 Å². The van der Waals surface area contributed by atoms with E-state index in [4.69, 9.17) is 0 Å². The van der Waals surface area contributed by atoms with E-state index in [0.717, 1.165) is 35.7 Å². The molecule has 1 aliphatic rings. The van der Waals surface area contributed by atoms with Gasteiger partial charge in [-0.3, -0.25) is 0 Å². The first-order valence-corrected chi connectivity index (χ1v) is 7.19. The first-order chi connectivity index (χ1) is 8.63. The molecule has 3 heteroatoms. The third-order valence-electron chi connectivity index (χ3n) is 3.87. The van der Waals surface area contributed by atoms with E-state index in [0.29, 0.717) is 0 Å². The Kier molecular flexibility index (Phi) is 4.56. The molecule has 1 aromatic heterocycles. The van der Waals surface area contributed by atoms with Crippen LogP contribution in [0.4, 0.5) is 5.82 Å². The standard InChI is InChI=1S/C15H25N3/c1-11-5-4-6-14(9-11)7-8-16-15-10-12(2)17-13(3)18-15/h10-11,14H,4-9H2,1-3H3,(H,16,17,18). The lowest BCUT2D eigenvalue weighted by molar-refractivity contribution is 0.274. The molecule has 1 heterocycles. The van der Waals surface area contributed by atoms with Crippen molar-refractivity contribution >= 4 is 5.82 Å². The fourth-order valence-electron chi connectivity index (χ4n) is 3.03. The molecule has 2 unspecified atom stereocenters. The van der Waals surface area contributed by atoms with Crippen molar-refractivity contribution in [2.24, 2.45) is 11.8 Å². The molecule has 2 rings (SSSR count). The fourth-order valence-corrected chi connectivity index (χ4v) is 3.03. The van der Waals surface area contributed by atoms with Gasteiger partial charge in [-0.05, 0) is 38.5 Å². The van der Waals surface area contributed by atoms with Gasteiger partial charge in [-0.15, -0.1) is 0 Å². The molecule has 0 bridgehead atoms. The number of nitrogens with one attached hydrogen (secondary N) is 1. The summed E-state index contributed by atoms with van der Waals surface area (Å²) in [5, 5.41) is 3.44. The number of rotatable bonds is 4.